The highest BCUT2D eigenvalue weighted by molar-refractivity contribution is 9.10. The van der Waals surface area contributed by atoms with Gasteiger partial charge in [-0.25, -0.2) is 9.18 Å². The Morgan fingerprint density at radius 2 is 1.79 bits per heavy atom. The van der Waals surface area contributed by atoms with Crippen molar-refractivity contribution in [3.05, 3.63) is 103 Å². The van der Waals surface area contributed by atoms with Gasteiger partial charge in [-0.3, -0.25) is 14.5 Å². The summed E-state index contributed by atoms with van der Waals surface area (Å²) >= 11 is 16.0. The Morgan fingerprint density at radius 1 is 1.06 bits per heavy atom. The van der Waals surface area contributed by atoms with Crippen LogP contribution in [0.3, 0.4) is 0 Å². The molecule has 172 valence electrons. The van der Waals surface area contributed by atoms with Crippen LogP contribution in [0.1, 0.15) is 21.5 Å². The molecule has 2 amide bonds. The summed E-state index contributed by atoms with van der Waals surface area (Å²) in [7, 11) is 0. The van der Waals surface area contributed by atoms with Crippen molar-refractivity contribution in [2.75, 3.05) is 0 Å². The number of hydrogen-bond acceptors (Lipinski definition) is 5. The normalized spacial score (nSPS) is 14.7. The topological polar surface area (TPSA) is 63.7 Å². The molecule has 0 aromatic heterocycles. The van der Waals surface area contributed by atoms with E-state index in [9.17, 15) is 18.8 Å². The van der Waals surface area contributed by atoms with Crippen molar-refractivity contribution in [1.82, 2.24) is 4.90 Å². The second-order valence-corrected chi connectivity index (χ2v) is 9.83. The molecule has 0 radical (unpaired) electrons. The van der Waals surface area contributed by atoms with Crippen LogP contribution in [-0.4, -0.2) is 22.0 Å². The maximum Gasteiger partial charge on any atom is 0.343 e. The lowest BCUT2D eigenvalue weighted by Gasteiger charge is -2.13. The number of carbonyl (C=O) groups excluding carboxylic acids is 3. The molecule has 0 N–H and O–H groups in total. The monoisotopic (exact) mass is 579 g/mol. The van der Waals surface area contributed by atoms with Crippen molar-refractivity contribution < 1.29 is 23.5 Å². The van der Waals surface area contributed by atoms with E-state index in [1.807, 2.05) is 0 Å². The number of amides is 2. The van der Waals surface area contributed by atoms with Gasteiger partial charge in [-0.2, -0.15) is 0 Å². The maximum atomic E-state index is 13.3. The van der Waals surface area contributed by atoms with Gasteiger partial charge in [0.1, 0.15) is 11.6 Å². The highest BCUT2D eigenvalue weighted by Gasteiger charge is 2.35. The van der Waals surface area contributed by atoms with Gasteiger partial charge in [0.2, 0.25) is 0 Å². The first-order chi connectivity index (χ1) is 16.2. The summed E-state index contributed by atoms with van der Waals surface area (Å²) in [5, 5.41) is 0.108. The van der Waals surface area contributed by atoms with Gasteiger partial charge in [-0.1, -0.05) is 45.2 Å². The predicted molar refractivity (Wildman–Crippen MR) is 133 cm³/mol. The average molecular weight is 581 g/mol. The minimum absolute atomic E-state index is 0.0992. The number of imide groups is 1. The van der Waals surface area contributed by atoms with E-state index in [0.29, 0.717) is 26.2 Å². The Morgan fingerprint density at radius 3 is 2.50 bits per heavy atom. The molecule has 0 spiro atoms. The summed E-state index contributed by atoms with van der Waals surface area (Å²) < 4.78 is 19.5. The van der Waals surface area contributed by atoms with Crippen LogP contribution in [0.2, 0.25) is 10.0 Å². The van der Waals surface area contributed by atoms with Crippen LogP contribution in [-0.2, 0) is 11.3 Å². The lowest BCUT2D eigenvalue weighted by atomic mass is 10.1. The molecule has 4 rings (SSSR count). The van der Waals surface area contributed by atoms with Crippen molar-refractivity contribution in [1.29, 1.82) is 0 Å². The summed E-state index contributed by atoms with van der Waals surface area (Å²) in [4.78, 5) is 39.2. The fourth-order valence-corrected chi connectivity index (χ4v) is 4.63. The van der Waals surface area contributed by atoms with Crippen LogP contribution in [0.5, 0.6) is 5.75 Å². The molecule has 10 heteroatoms. The first-order valence-electron chi connectivity index (χ1n) is 9.68. The van der Waals surface area contributed by atoms with Crippen LogP contribution in [0, 0.1) is 5.82 Å². The number of benzene rings is 3. The number of thioether (sulfide) groups is 1. The van der Waals surface area contributed by atoms with Gasteiger partial charge in [0.25, 0.3) is 11.1 Å². The lowest BCUT2D eigenvalue weighted by molar-refractivity contribution is -0.123. The Kier molecular flexibility index (Phi) is 7.42. The number of ether oxygens (including phenoxy) is 1. The molecule has 34 heavy (non-hydrogen) atoms. The van der Waals surface area contributed by atoms with Crippen LogP contribution in [0.4, 0.5) is 9.18 Å². The Bertz CT molecular complexity index is 1350. The smallest absolute Gasteiger partial charge is 0.343 e. The first kappa shape index (κ1) is 24.5. The number of carbonyl (C=O) groups is 3. The molecule has 3 aromatic carbocycles. The van der Waals surface area contributed by atoms with Gasteiger partial charge in [0.05, 0.1) is 17.0 Å². The summed E-state index contributed by atoms with van der Waals surface area (Å²) in [6.07, 6.45) is 1.48. The minimum Gasteiger partial charge on any atom is -0.422 e. The molecular weight excluding hydrogens is 568 g/mol. The molecule has 1 saturated heterocycles. The van der Waals surface area contributed by atoms with Crippen molar-refractivity contribution in [3.8, 4) is 5.75 Å². The van der Waals surface area contributed by atoms with Gasteiger partial charge in [0, 0.05) is 20.1 Å². The molecule has 0 bridgehead atoms. The van der Waals surface area contributed by atoms with E-state index in [4.69, 9.17) is 27.9 Å². The van der Waals surface area contributed by atoms with Crippen molar-refractivity contribution in [3.63, 3.8) is 0 Å². The highest BCUT2D eigenvalue weighted by atomic mass is 79.9. The number of hydrogen-bond donors (Lipinski definition) is 0. The van der Waals surface area contributed by atoms with E-state index < -0.39 is 22.9 Å². The standard InChI is InChI=1S/C24H13BrCl2FNO4S/c25-16-4-8-20(33-23(31)13-1-5-17(26)6-2-13)15(9-16)10-21-22(30)29(24(32)34-21)12-14-3-7-18(28)11-19(14)27/h1-11H,12H2/b21-10-. The molecule has 0 saturated carbocycles. The van der Waals surface area contributed by atoms with Gasteiger partial charge in [-0.05, 0) is 78.0 Å². The largest absolute Gasteiger partial charge is 0.422 e. The van der Waals surface area contributed by atoms with Crippen molar-refractivity contribution in [2.45, 2.75) is 6.54 Å². The molecule has 0 unspecified atom stereocenters. The zero-order valence-electron chi connectivity index (χ0n) is 17.1. The molecule has 3 aromatic rings. The van der Waals surface area contributed by atoms with Gasteiger partial charge < -0.3 is 4.74 Å². The third-order valence-corrected chi connectivity index (χ3v) is 6.76. The number of nitrogens with zero attached hydrogens (tertiary/aromatic N) is 1. The Balaban J connectivity index is 1.59. The van der Waals surface area contributed by atoms with Gasteiger partial charge in [0.15, 0.2) is 0 Å². The van der Waals surface area contributed by atoms with Gasteiger partial charge >= 0.3 is 5.97 Å². The van der Waals surface area contributed by atoms with E-state index in [0.717, 1.165) is 22.7 Å². The predicted octanol–water partition coefficient (Wildman–Crippen LogP) is 7.35. The van der Waals surface area contributed by atoms with Crippen LogP contribution in [0.25, 0.3) is 6.08 Å². The molecule has 0 atom stereocenters. The zero-order valence-corrected chi connectivity index (χ0v) is 21.0. The maximum absolute atomic E-state index is 13.3. The molecule has 5 nitrogen and oxygen atoms in total. The van der Waals surface area contributed by atoms with E-state index >= 15 is 0 Å². The third kappa shape index (κ3) is 5.52. The van der Waals surface area contributed by atoms with E-state index in [2.05, 4.69) is 15.9 Å². The first-order valence-corrected chi connectivity index (χ1v) is 12.0. The number of rotatable bonds is 5. The molecule has 1 heterocycles. The van der Waals surface area contributed by atoms with Crippen LogP contribution in [0.15, 0.2) is 70.0 Å². The summed E-state index contributed by atoms with van der Waals surface area (Å²) in [5.74, 6) is -1.45. The minimum atomic E-state index is -0.604. The van der Waals surface area contributed by atoms with E-state index in [1.165, 1.54) is 30.3 Å². The van der Waals surface area contributed by atoms with Crippen LogP contribution >= 0.6 is 50.9 Å². The molecule has 0 aliphatic carbocycles. The second-order valence-electron chi connectivity index (χ2n) is 7.08. The fraction of sp³-hybridized carbons (Fsp3) is 0.0417. The molecule has 1 aliphatic heterocycles. The quantitative estimate of drug-likeness (QED) is 0.179. The SMILES string of the molecule is O=C(Oc1ccc(Br)cc1/C=C1\SC(=O)N(Cc2ccc(F)cc2Cl)C1=O)c1ccc(Cl)cc1. The Labute approximate surface area is 216 Å². The molecule has 1 fully saturated rings. The lowest BCUT2D eigenvalue weighted by Crippen LogP contribution is -2.27. The molecule has 1 aliphatic rings. The van der Waals surface area contributed by atoms with E-state index in [-0.39, 0.29) is 22.2 Å². The van der Waals surface area contributed by atoms with Gasteiger partial charge in [-0.15, -0.1) is 0 Å². The number of esters is 1. The summed E-state index contributed by atoms with van der Waals surface area (Å²) in [5.41, 5.74) is 1.16. The fourth-order valence-electron chi connectivity index (χ4n) is 3.07. The zero-order chi connectivity index (χ0) is 24.4. The van der Waals surface area contributed by atoms with Crippen molar-refractivity contribution in [2.24, 2.45) is 0 Å². The van der Waals surface area contributed by atoms with Crippen molar-refractivity contribution >= 4 is 74.1 Å². The van der Waals surface area contributed by atoms with E-state index in [1.54, 1.807) is 30.3 Å². The molecular formula is C24H13BrCl2FNO4S. The third-order valence-electron chi connectivity index (χ3n) is 4.76. The highest BCUT2D eigenvalue weighted by Crippen LogP contribution is 2.36. The number of halogens is 4. The average Bonchev–Trinajstić information content (AvgIpc) is 3.05. The summed E-state index contributed by atoms with van der Waals surface area (Å²) in [6, 6.07) is 14.9. The summed E-state index contributed by atoms with van der Waals surface area (Å²) in [6.45, 7) is -0.0992. The van der Waals surface area contributed by atoms with Crippen LogP contribution < -0.4 is 4.74 Å². The second kappa shape index (κ2) is 10.3. The Hall–Kier alpha value is -2.65.